The fraction of sp³-hybridized carbons (Fsp3) is 0.400. The Morgan fingerprint density at radius 3 is 2.03 bits per heavy atom. The van der Waals surface area contributed by atoms with Crippen molar-refractivity contribution in [2.45, 2.75) is 37.4 Å². The van der Waals surface area contributed by atoms with Gasteiger partial charge in [-0.25, -0.2) is 0 Å². The number of hydrogen-bond acceptors (Lipinski definition) is 2. The van der Waals surface area contributed by atoms with Crippen LogP contribution in [0.1, 0.15) is 34.6 Å². The summed E-state index contributed by atoms with van der Waals surface area (Å²) in [7, 11) is 0. The molecule has 1 aliphatic heterocycles. The van der Waals surface area contributed by atoms with E-state index in [0.717, 1.165) is 5.56 Å². The molecule has 0 aromatic heterocycles. The van der Waals surface area contributed by atoms with Crippen LogP contribution < -0.4 is 5.32 Å². The van der Waals surface area contributed by atoms with Crippen LogP contribution in [0.4, 0.5) is 26.3 Å². The Hall–Kier alpha value is -1.77. The minimum Gasteiger partial charge on any atom is -0.373 e. The van der Waals surface area contributed by atoms with Crippen molar-refractivity contribution in [3.8, 4) is 0 Å². The van der Waals surface area contributed by atoms with Gasteiger partial charge in [0.2, 0.25) is 0 Å². The predicted octanol–water partition coefficient (Wildman–Crippen LogP) is 5.81. The first-order valence-electron chi connectivity index (χ1n) is 8.80. The number of nitrogens with one attached hydrogen (secondary N) is 1. The molecule has 1 saturated heterocycles. The Morgan fingerprint density at radius 2 is 1.48 bits per heavy atom. The molecule has 1 fully saturated rings. The third kappa shape index (κ3) is 6.10. The maximum atomic E-state index is 13.0. The van der Waals surface area contributed by atoms with Gasteiger partial charge in [-0.1, -0.05) is 30.3 Å². The number of rotatable bonds is 4. The van der Waals surface area contributed by atoms with Gasteiger partial charge < -0.3 is 10.1 Å². The third-order valence-electron chi connectivity index (χ3n) is 4.76. The number of hydrogen-bond donors (Lipinski definition) is 1. The van der Waals surface area contributed by atoms with Crippen molar-refractivity contribution in [3.63, 3.8) is 0 Å². The second-order valence-corrected chi connectivity index (χ2v) is 6.77. The van der Waals surface area contributed by atoms with E-state index in [2.05, 4.69) is 5.32 Å². The van der Waals surface area contributed by atoms with Crippen molar-refractivity contribution in [1.29, 1.82) is 0 Å². The van der Waals surface area contributed by atoms with Crippen LogP contribution in [-0.2, 0) is 23.7 Å². The van der Waals surface area contributed by atoms with Crippen LogP contribution in [-0.4, -0.2) is 19.2 Å². The molecule has 1 aliphatic rings. The molecule has 0 bridgehead atoms. The summed E-state index contributed by atoms with van der Waals surface area (Å²) in [4.78, 5) is 0. The molecule has 9 heteroatoms. The van der Waals surface area contributed by atoms with Crippen LogP contribution in [0.2, 0.25) is 0 Å². The molecule has 0 saturated carbocycles. The van der Waals surface area contributed by atoms with Gasteiger partial charge in [-0.3, -0.25) is 0 Å². The lowest BCUT2D eigenvalue weighted by Crippen LogP contribution is -2.39. The Balaban J connectivity index is 0.00000300. The van der Waals surface area contributed by atoms with Crippen LogP contribution in [0.15, 0.2) is 48.5 Å². The van der Waals surface area contributed by atoms with E-state index in [0.29, 0.717) is 31.6 Å². The second-order valence-electron chi connectivity index (χ2n) is 6.77. The molecule has 3 rings (SSSR count). The van der Waals surface area contributed by atoms with Gasteiger partial charge in [-0.05, 0) is 42.3 Å². The summed E-state index contributed by atoms with van der Waals surface area (Å²) in [5.74, 6) is -0.0252. The molecule has 2 atom stereocenters. The number of ether oxygens (including phenoxy) is 1. The third-order valence-corrected chi connectivity index (χ3v) is 4.76. The largest absolute Gasteiger partial charge is 0.416 e. The first kappa shape index (κ1) is 23.5. The van der Waals surface area contributed by atoms with Gasteiger partial charge in [-0.2, -0.15) is 26.3 Å². The van der Waals surface area contributed by atoms with Crippen molar-refractivity contribution in [3.05, 3.63) is 70.8 Å². The minimum absolute atomic E-state index is 0. The molecular formula is C20H20ClF6NO. The van der Waals surface area contributed by atoms with E-state index in [1.165, 1.54) is 0 Å². The fourth-order valence-electron chi connectivity index (χ4n) is 3.37. The van der Waals surface area contributed by atoms with Crippen LogP contribution in [0.5, 0.6) is 0 Å². The zero-order chi connectivity index (χ0) is 20.4. The molecule has 0 spiro atoms. The molecule has 2 unspecified atom stereocenters. The molecular weight excluding hydrogens is 420 g/mol. The molecule has 1 heterocycles. The minimum atomic E-state index is -4.86. The van der Waals surface area contributed by atoms with E-state index in [4.69, 9.17) is 4.74 Å². The van der Waals surface area contributed by atoms with E-state index < -0.39 is 23.5 Å². The normalized spacial score (nSPS) is 20.2. The SMILES string of the molecule is Cl.FC(F)(F)c1cc(COC2CCNCC2c2ccccc2)cc(C(F)(F)F)c1. The van der Waals surface area contributed by atoms with Crippen LogP contribution in [0.25, 0.3) is 0 Å². The zero-order valence-electron chi connectivity index (χ0n) is 15.2. The summed E-state index contributed by atoms with van der Waals surface area (Å²) in [5.41, 5.74) is -1.79. The lowest BCUT2D eigenvalue weighted by Gasteiger charge is -2.32. The van der Waals surface area contributed by atoms with E-state index in [1.54, 1.807) is 0 Å². The summed E-state index contributed by atoms with van der Waals surface area (Å²) in [6.07, 6.45) is -9.41. The average Bonchev–Trinajstić information content (AvgIpc) is 2.66. The Morgan fingerprint density at radius 1 is 0.897 bits per heavy atom. The highest BCUT2D eigenvalue weighted by molar-refractivity contribution is 5.85. The molecule has 160 valence electrons. The number of halogens is 7. The molecule has 0 radical (unpaired) electrons. The van der Waals surface area contributed by atoms with Crippen molar-refractivity contribution in [2.24, 2.45) is 0 Å². The van der Waals surface area contributed by atoms with Crippen molar-refractivity contribution in [2.75, 3.05) is 13.1 Å². The van der Waals surface area contributed by atoms with E-state index >= 15 is 0 Å². The molecule has 0 amide bonds. The average molecular weight is 440 g/mol. The highest BCUT2D eigenvalue weighted by Crippen LogP contribution is 2.37. The van der Waals surface area contributed by atoms with Gasteiger partial charge >= 0.3 is 12.4 Å². The van der Waals surface area contributed by atoms with Crippen molar-refractivity contribution >= 4 is 12.4 Å². The smallest absolute Gasteiger partial charge is 0.373 e. The highest BCUT2D eigenvalue weighted by Gasteiger charge is 2.37. The van der Waals surface area contributed by atoms with Crippen molar-refractivity contribution < 1.29 is 31.1 Å². The van der Waals surface area contributed by atoms with Gasteiger partial charge in [0.15, 0.2) is 0 Å². The molecule has 2 aromatic carbocycles. The lowest BCUT2D eigenvalue weighted by molar-refractivity contribution is -0.143. The van der Waals surface area contributed by atoms with Crippen LogP contribution >= 0.6 is 12.4 Å². The molecule has 2 nitrogen and oxygen atoms in total. The lowest BCUT2D eigenvalue weighted by atomic mass is 9.89. The van der Waals surface area contributed by atoms with Crippen molar-refractivity contribution in [1.82, 2.24) is 5.32 Å². The Bertz CT molecular complexity index is 762. The monoisotopic (exact) mass is 439 g/mol. The van der Waals surface area contributed by atoms with Gasteiger partial charge in [0, 0.05) is 12.5 Å². The number of alkyl halides is 6. The highest BCUT2D eigenvalue weighted by atomic mass is 35.5. The van der Waals surface area contributed by atoms with Gasteiger partial charge in [0.05, 0.1) is 23.8 Å². The summed E-state index contributed by atoms with van der Waals surface area (Å²) >= 11 is 0. The van der Waals surface area contributed by atoms with Crippen LogP contribution in [0, 0.1) is 0 Å². The summed E-state index contributed by atoms with van der Waals surface area (Å²) in [5, 5.41) is 3.24. The Labute approximate surface area is 170 Å². The fourth-order valence-corrected chi connectivity index (χ4v) is 3.37. The summed E-state index contributed by atoms with van der Waals surface area (Å²) in [6.45, 7) is 0.983. The molecule has 0 aliphatic carbocycles. The first-order valence-corrected chi connectivity index (χ1v) is 8.80. The molecule has 29 heavy (non-hydrogen) atoms. The van der Waals surface area contributed by atoms with E-state index in [-0.39, 0.29) is 42.7 Å². The summed E-state index contributed by atoms with van der Waals surface area (Å²) < 4.78 is 83.8. The van der Waals surface area contributed by atoms with E-state index in [9.17, 15) is 26.3 Å². The maximum Gasteiger partial charge on any atom is 0.416 e. The quantitative estimate of drug-likeness (QED) is 0.607. The van der Waals surface area contributed by atoms with Gasteiger partial charge in [0.25, 0.3) is 0 Å². The molecule has 2 aromatic rings. The summed E-state index contributed by atoms with van der Waals surface area (Å²) in [6, 6.07) is 11.0. The standard InChI is InChI=1S/C20H19F6NO.ClH/c21-19(22,23)15-8-13(9-16(10-15)20(24,25)26)12-28-18-6-7-27-11-17(18)14-4-2-1-3-5-14;/h1-5,8-10,17-18,27H,6-7,11-12H2;1H. The Kier molecular flexibility index (Phi) is 7.59. The predicted molar refractivity (Wildman–Crippen MR) is 98.9 cm³/mol. The second kappa shape index (κ2) is 9.36. The first-order chi connectivity index (χ1) is 13.1. The van der Waals surface area contributed by atoms with Crippen LogP contribution in [0.3, 0.4) is 0 Å². The molecule has 1 N–H and O–H groups in total. The zero-order valence-corrected chi connectivity index (χ0v) is 16.0. The topological polar surface area (TPSA) is 21.3 Å². The number of benzene rings is 2. The van der Waals surface area contributed by atoms with E-state index in [1.807, 2.05) is 30.3 Å². The maximum absolute atomic E-state index is 13.0. The van der Waals surface area contributed by atoms with Gasteiger partial charge in [-0.15, -0.1) is 12.4 Å². The van der Waals surface area contributed by atoms with Gasteiger partial charge in [0.1, 0.15) is 0 Å². The number of piperidine rings is 1.